The molecule has 94 valence electrons. The summed E-state index contributed by atoms with van der Waals surface area (Å²) < 4.78 is 5.92. The molecule has 1 aliphatic rings. The molecule has 3 heteroatoms. The molecule has 3 nitrogen and oxygen atoms in total. The monoisotopic (exact) mass is 235 g/mol. The van der Waals surface area contributed by atoms with E-state index in [9.17, 15) is 5.11 Å². The van der Waals surface area contributed by atoms with Gasteiger partial charge in [0, 0.05) is 12.0 Å². The molecule has 0 bridgehead atoms. The summed E-state index contributed by atoms with van der Waals surface area (Å²) in [6, 6.07) is 8.18. The van der Waals surface area contributed by atoms with Crippen LogP contribution in [0.4, 0.5) is 0 Å². The van der Waals surface area contributed by atoms with Crippen molar-refractivity contribution in [1.29, 1.82) is 0 Å². The van der Waals surface area contributed by atoms with Crippen LogP contribution in [0.5, 0.6) is 5.75 Å². The number of rotatable bonds is 4. The molecule has 0 saturated heterocycles. The van der Waals surface area contributed by atoms with Gasteiger partial charge in [-0.25, -0.2) is 0 Å². The first kappa shape index (κ1) is 12.4. The summed E-state index contributed by atoms with van der Waals surface area (Å²) in [6.07, 6.45) is 3.65. The van der Waals surface area contributed by atoms with E-state index in [0.717, 1.165) is 31.4 Å². The van der Waals surface area contributed by atoms with Crippen LogP contribution in [0.2, 0.25) is 0 Å². The highest BCUT2D eigenvalue weighted by molar-refractivity contribution is 5.28. The van der Waals surface area contributed by atoms with Crippen LogP contribution < -0.4 is 10.5 Å². The lowest BCUT2D eigenvalue weighted by Gasteiger charge is -2.21. The molecule has 1 saturated carbocycles. The van der Waals surface area contributed by atoms with Crippen molar-refractivity contribution in [2.24, 2.45) is 5.73 Å². The van der Waals surface area contributed by atoms with Crippen LogP contribution in [0, 0.1) is 0 Å². The molecule has 0 heterocycles. The number of benzene rings is 1. The topological polar surface area (TPSA) is 55.5 Å². The Morgan fingerprint density at radius 3 is 3.00 bits per heavy atom. The van der Waals surface area contributed by atoms with E-state index in [2.05, 4.69) is 19.1 Å². The average Bonchev–Trinajstić information content (AvgIpc) is 2.72. The van der Waals surface area contributed by atoms with E-state index in [0.29, 0.717) is 0 Å². The number of ether oxygens (including phenoxy) is 1. The predicted octanol–water partition coefficient (Wildman–Crippen LogP) is 1.87. The largest absolute Gasteiger partial charge is 0.490 e. The van der Waals surface area contributed by atoms with Crippen molar-refractivity contribution in [3.63, 3.8) is 0 Å². The van der Waals surface area contributed by atoms with Crippen molar-refractivity contribution < 1.29 is 9.84 Å². The Hall–Kier alpha value is -1.06. The first-order valence-corrected chi connectivity index (χ1v) is 6.30. The third-order valence-corrected chi connectivity index (χ3v) is 3.52. The highest BCUT2D eigenvalue weighted by Crippen LogP contribution is 2.30. The number of nitrogens with two attached hydrogens (primary N) is 1. The van der Waals surface area contributed by atoms with Gasteiger partial charge >= 0.3 is 0 Å². The van der Waals surface area contributed by atoms with E-state index in [1.54, 1.807) is 0 Å². The molecule has 0 amide bonds. The van der Waals surface area contributed by atoms with Crippen molar-refractivity contribution >= 4 is 0 Å². The number of hydrogen-bond donors (Lipinski definition) is 2. The van der Waals surface area contributed by atoms with E-state index in [4.69, 9.17) is 10.5 Å². The van der Waals surface area contributed by atoms with Crippen LogP contribution in [0.15, 0.2) is 24.3 Å². The number of aryl methyl sites for hydroxylation is 1. The van der Waals surface area contributed by atoms with Crippen LogP contribution in [-0.2, 0) is 6.42 Å². The molecular formula is C14H21NO2. The van der Waals surface area contributed by atoms with E-state index in [-0.39, 0.29) is 12.7 Å². The van der Waals surface area contributed by atoms with Crippen LogP contribution in [0.3, 0.4) is 0 Å². The van der Waals surface area contributed by atoms with Gasteiger partial charge in [-0.15, -0.1) is 0 Å². The summed E-state index contributed by atoms with van der Waals surface area (Å²) in [6.45, 7) is 2.17. The van der Waals surface area contributed by atoms with Gasteiger partial charge in [-0.3, -0.25) is 0 Å². The van der Waals surface area contributed by atoms with Gasteiger partial charge in [-0.2, -0.15) is 0 Å². The molecule has 1 aromatic rings. The second kappa shape index (κ2) is 5.07. The lowest BCUT2D eigenvalue weighted by atomic mass is 10.0. The van der Waals surface area contributed by atoms with Crippen molar-refractivity contribution in [2.45, 2.75) is 44.2 Å². The van der Waals surface area contributed by atoms with Gasteiger partial charge in [0.2, 0.25) is 0 Å². The van der Waals surface area contributed by atoms with Gasteiger partial charge in [-0.1, -0.05) is 19.1 Å². The lowest BCUT2D eigenvalue weighted by Crippen LogP contribution is -2.41. The summed E-state index contributed by atoms with van der Waals surface area (Å²) in [5.74, 6) is 0.913. The standard InChI is InChI=1S/C14H21NO2/c1-2-11-4-3-5-12(8-11)17-13-6-7-14(15,9-13)10-16/h3-5,8,13,16H,2,6-7,9-10,15H2,1H3. The molecule has 0 spiro atoms. The van der Waals surface area contributed by atoms with Gasteiger partial charge < -0.3 is 15.6 Å². The van der Waals surface area contributed by atoms with Gasteiger partial charge in [-0.05, 0) is 37.0 Å². The fourth-order valence-corrected chi connectivity index (χ4v) is 2.38. The Morgan fingerprint density at radius 1 is 1.53 bits per heavy atom. The highest BCUT2D eigenvalue weighted by atomic mass is 16.5. The van der Waals surface area contributed by atoms with E-state index in [1.807, 2.05) is 12.1 Å². The average molecular weight is 235 g/mol. The molecular weight excluding hydrogens is 214 g/mol. The fourth-order valence-electron chi connectivity index (χ4n) is 2.38. The van der Waals surface area contributed by atoms with E-state index >= 15 is 0 Å². The number of aliphatic hydroxyl groups excluding tert-OH is 1. The molecule has 3 N–H and O–H groups in total. The first-order valence-electron chi connectivity index (χ1n) is 6.30. The van der Waals surface area contributed by atoms with Gasteiger partial charge in [0.25, 0.3) is 0 Å². The number of hydrogen-bond acceptors (Lipinski definition) is 3. The van der Waals surface area contributed by atoms with Crippen molar-refractivity contribution in [1.82, 2.24) is 0 Å². The van der Waals surface area contributed by atoms with E-state index in [1.165, 1.54) is 5.56 Å². The Kier molecular flexibility index (Phi) is 3.69. The normalized spacial score (nSPS) is 28.3. The smallest absolute Gasteiger partial charge is 0.119 e. The van der Waals surface area contributed by atoms with Gasteiger partial charge in [0.05, 0.1) is 6.61 Å². The molecule has 2 rings (SSSR count). The Morgan fingerprint density at radius 2 is 2.35 bits per heavy atom. The maximum Gasteiger partial charge on any atom is 0.119 e. The van der Waals surface area contributed by atoms with Gasteiger partial charge in [0.1, 0.15) is 11.9 Å². The zero-order chi connectivity index (χ0) is 12.3. The van der Waals surface area contributed by atoms with Crippen molar-refractivity contribution in [2.75, 3.05) is 6.61 Å². The van der Waals surface area contributed by atoms with Crippen molar-refractivity contribution in [3.8, 4) is 5.75 Å². The Balaban J connectivity index is 1.98. The zero-order valence-electron chi connectivity index (χ0n) is 10.4. The van der Waals surface area contributed by atoms with E-state index < -0.39 is 5.54 Å². The number of aliphatic hydroxyl groups is 1. The summed E-state index contributed by atoms with van der Waals surface area (Å²) >= 11 is 0. The summed E-state index contributed by atoms with van der Waals surface area (Å²) in [7, 11) is 0. The molecule has 1 fully saturated rings. The van der Waals surface area contributed by atoms with Crippen LogP contribution >= 0.6 is 0 Å². The molecule has 0 aliphatic heterocycles. The lowest BCUT2D eigenvalue weighted by molar-refractivity contribution is 0.165. The fraction of sp³-hybridized carbons (Fsp3) is 0.571. The minimum absolute atomic E-state index is 0.0435. The summed E-state index contributed by atoms with van der Waals surface area (Å²) in [4.78, 5) is 0. The molecule has 17 heavy (non-hydrogen) atoms. The molecule has 0 radical (unpaired) electrons. The minimum atomic E-state index is -0.437. The predicted molar refractivity (Wildman–Crippen MR) is 68.1 cm³/mol. The van der Waals surface area contributed by atoms with Crippen LogP contribution in [-0.4, -0.2) is 23.4 Å². The maximum atomic E-state index is 9.21. The quantitative estimate of drug-likeness (QED) is 0.837. The second-order valence-corrected chi connectivity index (χ2v) is 5.00. The third kappa shape index (κ3) is 2.99. The zero-order valence-corrected chi connectivity index (χ0v) is 10.4. The highest BCUT2D eigenvalue weighted by Gasteiger charge is 2.36. The third-order valence-electron chi connectivity index (χ3n) is 3.52. The molecule has 2 atom stereocenters. The second-order valence-electron chi connectivity index (χ2n) is 5.00. The first-order chi connectivity index (χ1) is 8.15. The SMILES string of the molecule is CCc1cccc(OC2CCC(N)(CO)C2)c1. The Labute approximate surface area is 103 Å². The Bertz CT molecular complexity index is 380. The molecule has 2 unspecified atom stereocenters. The van der Waals surface area contributed by atoms with Crippen molar-refractivity contribution in [3.05, 3.63) is 29.8 Å². The van der Waals surface area contributed by atoms with Gasteiger partial charge in [0.15, 0.2) is 0 Å². The molecule has 1 aromatic carbocycles. The van der Waals surface area contributed by atoms with Crippen LogP contribution in [0.25, 0.3) is 0 Å². The molecule has 1 aliphatic carbocycles. The van der Waals surface area contributed by atoms with Crippen LogP contribution in [0.1, 0.15) is 31.7 Å². The maximum absolute atomic E-state index is 9.21. The minimum Gasteiger partial charge on any atom is -0.490 e. The summed E-state index contributed by atoms with van der Waals surface area (Å²) in [5.41, 5.74) is 6.87. The summed E-state index contributed by atoms with van der Waals surface area (Å²) in [5, 5.41) is 9.21. The molecule has 0 aromatic heterocycles.